The summed E-state index contributed by atoms with van der Waals surface area (Å²) in [4.78, 5) is 0. The SMILES string of the molecule is Clc1ccc(CNCc2ccc3c(c2)OCO3)o1. The number of furan rings is 1. The third kappa shape index (κ3) is 2.44. The highest BCUT2D eigenvalue weighted by Gasteiger charge is 2.12. The Labute approximate surface area is 109 Å². The fraction of sp³-hybridized carbons (Fsp3) is 0.231. The van der Waals surface area contributed by atoms with Crippen LogP contribution in [0.15, 0.2) is 34.7 Å². The van der Waals surface area contributed by atoms with E-state index in [1.807, 2.05) is 24.3 Å². The lowest BCUT2D eigenvalue weighted by molar-refractivity contribution is 0.174. The minimum absolute atomic E-state index is 0.303. The van der Waals surface area contributed by atoms with E-state index in [4.69, 9.17) is 25.5 Å². The Kier molecular flexibility index (Phi) is 3.13. The predicted octanol–water partition coefficient (Wildman–Crippen LogP) is 2.95. The summed E-state index contributed by atoms with van der Waals surface area (Å²) >= 11 is 5.70. The van der Waals surface area contributed by atoms with Crippen LogP contribution in [0.3, 0.4) is 0 Å². The first kappa shape index (κ1) is 11.4. The Balaban J connectivity index is 1.57. The van der Waals surface area contributed by atoms with Gasteiger partial charge in [0.2, 0.25) is 6.79 Å². The molecule has 94 valence electrons. The van der Waals surface area contributed by atoms with Gasteiger partial charge in [0.15, 0.2) is 16.7 Å². The van der Waals surface area contributed by atoms with Gasteiger partial charge < -0.3 is 19.2 Å². The van der Waals surface area contributed by atoms with E-state index >= 15 is 0 Å². The molecule has 4 nitrogen and oxygen atoms in total. The van der Waals surface area contributed by atoms with Crippen molar-refractivity contribution in [3.05, 3.63) is 46.9 Å². The smallest absolute Gasteiger partial charge is 0.231 e. The highest BCUT2D eigenvalue weighted by Crippen LogP contribution is 2.32. The van der Waals surface area contributed by atoms with Gasteiger partial charge in [0.1, 0.15) is 5.76 Å². The van der Waals surface area contributed by atoms with Crippen LogP contribution in [0.1, 0.15) is 11.3 Å². The van der Waals surface area contributed by atoms with Gasteiger partial charge in [-0.2, -0.15) is 0 Å². The normalized spacial score (nSPS) is 12.9. The second-order valence-electron chi connectivity index (χ2n) is 4.00. The van der Waals surface area contributed by atoms with E-state index in [0.29, 0.717) is 18.6 Å². The van der Waals surface area contributed by atoms with Gasteiger partial charge in [0.25, 0.3) is 0 Å². The Hall–Kier alpha value is -1.65. The summed E-state index contributed by atoms with van der Waals surface area (Å²) in [5.74, 6) is 2.42. The second-order valence-corrected chi connectivity index (χ2v) is 4.37. The lowest BCUT2D eigenvalue weighted by Gasteiger charge is -2.04. The highest BCUT2D eigenvalue weighted by atomic mass is 35.5. The number of rotatable bonds is 4. The Bertz CT molecular complexity index is 553. The van der Waals surface area contributed by atoms with Crippen LogP contribution in [0.25, 0.3) is 0 Å². The maximum absolute atomic E-state index is 5.70. The molecule has 5 heteroatoms. The van der Waals surface area contributed by atoms with Gasteiger partial charge in [-0.1, -0.05) is 6.07 Å². The topological polar surface area (TPSA) is 43.6 Å². The number of fused-ring (bicyclic) bond motifs is 1. The molecule has 1 aromatic heterocycles. The van der Waals surface area contributed by atoms with Crippen molar-refractivity contribution in [3.63, 3.8) is 0 Å². The maximum atomic E-state index is 5.70. The van der Waals surface area contributed by atoms with E-state index in [1.165, 1.54) is 0 Å². The molecular formula is C13H12ClNO3. The van der Waals surface area contributed by atoms with Gasteiger partial charge in [-0.15, -0.1) is 0 Å². The van der Waals surface area contributed by atoms with Gasteiger partial charge in [-0.3, -0.25) is 0 Å². The molecule has 0 atom stereocenters. The number of benzene rings is 1. The first-order chi connectivity index (χ1) is 8.81. The molecule has 1 aliphatic heterocycles. The first-order valence-electron chi connectivity index (χ1n) is 5.65. The molecule has 3 rings (SSSR count). The molecule has 1 aromatic carbocycles. The van der Waals surface area contributed by atoms with Crippen molar-refractivity contribution >= 4 is 11.6 Å². The van der Waals surface area contributed by atoms with Gasteiger partial charge >= 0.3 is 0 Å². The molecule has 0 radical (unpaired) electrons. The number of nitrogens with one attached hydrogen (secondary N) is 1. The minimum atomic E-state index is 0.303. The van der Waals surface area contributed by atoms with Crippen molar-refractivity contribution in [3.8, 4) is 11.5 Å². The van der Waals surface area contributed by atoms with E-state index in [2.05, 4.69) is 5.32 Å². The average Bonchev–Trinajstić information content (AvgIpc) is 2.97. The summed E-state index contributed by atoms with van der Waals surface area (Å²) in [6.45, 7) is 1.67. The molecule has 0 spiro atoms. The molecule has 0 bridgehead atoms. The Morgan fingerprint density at radius 2 is 1.94 bits per heavy atom. The fourth-order valence-corrected chi connectivity index (χ4v) is 1.99. The molecule has 0 fully saturated rings. The van der Waals surface area contributed by atoms with Crippen molar-refractivity contribution in [2.24, 2.45) is 0 Å². The first-order valence-corrected chi connectivity index (χ1v) is 6.02. The van der Waals surface area contributed by atoms with Crippen LogP contribution in [-0.4, -0.2) is 6.79 Å². The molecule has 0 amide bonds. The molecule has 0 saturated carbocycles. The monoisotopic (exact) mass is 265 g/mol. The second kappa shape index (κ2) is 4.92. The van der Waals surface area contributed by atoms with Gasteiger partial charge in [-0.25, -0.2) is 0 Å². The van der Waals surface area contributed by atoms with Gasteiger partial charge in [0, 0.05) is 6.54 Å². The van der Waals surface area contributed by atoms with Crippen LogP contribution in [0.2, 0.25) is 5.22 Å². The van der Waals surface area contributed by atoms with Crippen LogP contribution >= 0.6 is 11.6 Å². The van der Waals surface area contributed by atoms with Crippen molar-refractivity contribution in [1.29, 1.82) is 0 Å². The number of hydrogen-bond acceptors (Lipinski definition) is 4. The number of halogens is 1. The predicted molar refractivity (Wildman–Crippen MR) is 66.8 cm³/mol. The average molecular weight is 266 g/mol. The van der Waals surface area contributed by atoms with E-state index < -0.39 is 0 Å². The van der Waals surface area contributed by atoms with Crippen LogP contribution in [0.5, 0.6) is 11.5 Å². The highest BCUT2D eigenvalue weighted by molar-refractivity contribution is 6.28. The minimum Gasteiger partial charge on any atom is -0.454 e. The van der Waals surface area contributed by atoms with Gasteiger partial charge in [-0.05, 0) is 41.4 Å². The van der Waals surface area contributed by atoms with Crippen molar-refractivity contribution in [2.75, 3.05) is 6.79 Å². The lowest BCUT2D eigenvalue weighted by Crippen LogP contribution is -2.11. The molecule has 0 aliphatic carbocycles. The third-order valence-corrected chi connectivity index (χ3v) is 2.90. The summed E-state index contributed by atoms with van der Waals surface area (Å²) in [6.07, 6.45) is 0. The molecule has 0 unspecified atom stereocenters. The molecule has 0 saturated heterocycles. The van der Waals surface area contributed by atoms with Crippen LogP contribution in [-0.2, 0) is 13.1 Å². The van der Waals surface area contributed by atoms with Crippen LogP contribution < -0.4 is 14.8 Å². The standard InChI is InChI=1S/C13H12ClNO3/c14-13-4-2-10(18-13)7-15-6-9-1-3-11-12(5-9)17-8-16-11/h1-5,15H,6-8H2. The van der Waals surface area contributed by atoms with Crippen LogP contribution in [0.4, 0.5) is 0 Å². The fourth-order valence-electron chi connectivity index (χ4n) is 1.83. The summed E-state index contributed by atoms with van der Waals surface area (Å²) in [6, 6.07) is 9.50. The Morgan fingerprint density at radius 3 is 2.78 bits per heavy atom. The molecular weight excluding hydrogens is 254 g/mol. The largest absolute Gasteiger partial charge is 0.454 e. The maximum Gasteiger partial charge on any atom is 0.231 e. The number of hydrogen-bond donors (Lipinski definition) is 1. The van der Waals surface area contributed by atoms with E-state index in [0.717, 1.165) is 29.4 Å². The van der Waals surface area contributed by atoms with Gasteiger partial charge in [0.05, 0.1) is 6.54 Å². The molecule has 1 aliphatic rings. The zero-order chi connectivity index (χ0) is 12.4. The summed E-state index contributed by atoms with van der Waals surface area (Å²) < 4.78 is 15.8. The van der Waals surface area contributed by atoms with Crippen molar-refractivity contribution < 1.29 is 13.9 Å². The quantitative estimate of drug-likeness (QED) is 0.923. The third-order valence-electron chi connectivity index (χ3n) is 2.69. The molecule has 2 heterocycles. The van der Waals surface area contributed by atoms with E-state index in [1.54, 1.807) is 6.07 Å². The van der Waals surface area contributed by atoms with E-state index in [-0.39, 0.29) is 0 Å². The van der Waals surface area contributed by atoms with Crippen molar-refractivity contribution in [2.45, 2.75) is 13.1 Å². The molecule has 1 N–H and O–H groups in total. The Morgan fingerprint density at radius 1 is 1.06 bits per heavy atom. The summed E-state index contributed by atoms with van der Waals surface area (Å²) in [7, 11) is 0. The summed E-state index contributed by atoms with van der Waals surface area (Å²) in [5.41, 5.74) is 1.14. The van der Waals surface area contributed by atoms with Crippen molar-refractivity contribution in [1.82, 2.24) is 5.32 Å². The number of ether oxygens (including phenoxy) is 2. The van der Waals surface area contributed by atoms with E-state index in [9.17, 15) is 0 Å². The zero-order valence-electron chi connectivity index (χ0n) is 9.61. The molecule has 2 aromatic rings. The summed E-state index contributed by atoms with van der Waals surface area (Å²) in [5, 5.41) is 3.69. The lowest BCUT2D eigenvalue weighted by atomic mass is 10.2. The zero-order valence-corrected chi connectivity index (χ0v) is 10.4. The molecule has 18 heavy (non-hydrogen) atoms. The van der Waals surface area contributed by atoms with Crippen LogP contribution in [0, 0.1) is 0 Å².